The first kappa shape index (κ1) is 27.1. The van der Waals surface area contributed by atoms with Crippen LogP contribution in [0.5, 0.6) is 0 Å². The number of rotatable bonds is 8. The quantitative estimate of drug-likeness (QED) is 0.201. The highest BCUT2D eigenvalue weighted by atomic mass is 79.9. The van der Waals surface area contributed by atoms with Crippen LogP contribution in [0.4, 0.5) is 10.8 Å². The fraction of sp³-hybridized carbons (Fsp3) is 0.207. The molecule has 0 saturated carbocycles. The number of halogens is 1. The lowest BCUT2D eigenvalue weighted by Crippen LogP contribution is -2.19. The van der Waals surface area contributed by atoms with Crippen LogP contribution in [-0.2, 0) is 9.59 Å². The Morgan fingerprint density at radius 2 is 1.62 bits per heavy atom. The average Bonchev–Trinajstić information content (AvgIpc) is 3.31. The Balaban J connectivity index is 1.47. The SMILES string of the molecule is CC(C)(C)CC(=O)Nc1ccc(SC(C(=O)Nc2nc(-c3ccc(Br)cc3)cs2)c2ccccc2)cc1. The summed E-state index contributed by atoms with van der Waals surface area (Å²) in [6, 6.07) is 25.2. The van der Waals surface area contributed by atoms with Gasteiger partial charge in [0.25, 0.3) is 0 Å². The number of aromatic nitrogens is 1. The second-order valence-electron chi connectivity index (χ2n) is 9.75. The summed E-state index contributed by atoms with van der Waals surface area (Å²) in [6.07, 6.45) is 0.444. The Morgan fingerprint density at radius 3 is 2.27 bits per heavy atom. The molecule has 1 unspecified atom stereocenters. The summed E-state index contributed by atoms with van der Waals surface area (Å²) in [4.78, 5) is 31.2. The first-order valence-electron chi connectivity index (χ1n) is 11.8. The highest BCUT2D eigenvalue weighted by Gasteiger charge is 2.23. The van der Waals surface area contributed by atoms with E-state index in [0.717, 1.165) is 31.9 Å². The van der Waals surface area contributed by atoms with E-state index >= 15 is 0 Å². The molecule has 0 spiro atoms. The molecule has 4 aromatic rings. The van der Waals surface area contributed by atoms with Crippen molar-refractivity contribution in [2.75, 3.05) is 10.6 Å². The summed E-state index contributed by atoms with van der Waals surface area (Å²) in [6.45, 7) is 6.11. The summed E-state index contributed by atoms with van der Waals surface area (Å²) < 4.78 is 1.00. The van der Waals surface area contributed by atoms with E-state index in [9.17, 15) is 9.59 Å². The highest BCUT2D eigenvalue weighted by molar-refractivity contribution is 9.10. The zero-order chi connectivity index (χ0) is 26.4. The molecule has 4 rings (SSSR count). The number of hydrogen-bond acceptors (Lipinski definition) is 5. The number of nitrogens with one attached hydrogen (secondary N) is 2. The van der Waals surface area contributed by atoms with Gasteiger partial charge in [-0.05, 0) is 47.4 Å². The van der Waals surface area contributed by atoms with Crippen molar-refractivity contribution in [3.63, 3.8) is 0 Å². The topological polar surface area (TPSA) is 71.1 Å². The molecule has 0 fully saturated rings. The summed E-state index contributed by atoms with van der Waals surface area (Å²) in [5.74, 6) is -0.157. The lowest BCUT2D eigenvalue weighted by Gasteiger charge is -2.18. The number of carbonyl (C=O) groups excluding carboxylic acids is 2. The number of thioether (sulfide) groups is 1. The molecule has 37 heavy (non-hydrogen) atoms. The van der Waals surface area contributed by atoms with Gasteiger partial charge in [-0.3, -0.25) is 9.59 Å². The molecule has 5 nitrogen and oxygen atoms in total. The summed E-state index contributed by atoms with van der Waals surface area (Å²) >= 11 is 6.31. The Bertz CT molecular complexity index is 1350. The molecule has 190 valence electrons. The number of anilines is 2. The smallest absolute Gasteiger partial charge is 0.244 e. The van der Waals surface area contributed by atoms with Crippen LogP contribution >= 0.6 is 39.0 Å². The molecule has 2 amide bonds. The standard InChI is InChI=1S/C29H28BrN3O2S2/c1-29(2,3)17-25(34)31-22-13-15-23(16-14-22)37-26(20-7-5-4-6-8-20)27(35)33-28-32-24(18-36-28)19-9-11-21(30)12-10-19/h4-16,18,26H,17H2,1-3H3,(H,31,34)(H,32,33,35). The Hall–Kier alpha value is -2.94. The Morgan fingerprint density at radius 1 is 0.946 bits per heavy atom. The average molecular weight is 595 g/mol. The Kier molecular flexibility index (Phi) is 8.84. The monoisotopic (exact) mass is 593 g/mol. The van der Waals surface area contributed by atoms with E-state index in [-0.39, 0.29) is 17.2 Å². The van der Waals surface area contributed by atoms with Crippen molar-refractivity contribution in [2.45, 2.75) is 37.3 Å². The summed E-state index contributed by atoms with van der Waals surface area (Å²) in [7, 11) is 0. The van der Waals surface area contributed by atoms with Gasteiger partial charge in [0.05, 0.1) is 5.69 Å². The third-order valence-corrected chi connectivity index (χ3v) is 7.85. The normalized spacial score (nSPS) is 12.1. The number of carbonyl (C=O) groups is 2. The van der Waals surface area contributed by atoms with E-state index in [1.165, 1.54) is 23.1 Å². The van der Waals surface area contributed by atoms with Crippen LogP contribution in [0.1, 0.15) is 38.0 Å². The minimum absolute atomic E-state index is 0.0135. The van der Waals surface area contributed by atoms with Crippen LogP contribution in [0.2, 0.25) is 0 Å². The molecular weight excluding hydrogens is 566 g/mol. The van der Waals surface area contributed by atoms with Crippen molar-refractivity contribution < 1.29 is 9.59 Å². The molecule has 3 aromatic carbocycles. The van der Waals surface area contributed by atoms with Crippen LogP contribution in [0, 0.1) is 5.41 Å². The summed E-state index contributed by atoms with van der Waals surface area (Å²) in [5.41, 5.74) is 3.37. The van der Waals surface area contributed by atoms with Gasteiger partial charge in [-0.15, -0.1) is 23.1 Å². The zero-order valence-corrected chi connectivity index (χ0v) is 24.0. The molecule has 0 aliphatic carbocycles. The summed E-state index contributed by atoms with van der Waals surface area (Å²) in [5, 5.41) is 7.98. The minimum Gasteiger partial charge on any atom is -0.326 e. The minimum atomic E-state index is -0.470. The molecule has 1 atom stereocenters. The number of hydrogen-bond donors (Lipinski definition) is 2. The van der Waals surface area contributed by atoms with Gasteiger partial charge in [-0.2, -0.15) is 0 Å². The second kappa shape index (κ2) is 12.1. The van der Waals surface area contributed by atoms with Crippen molar-refractivity contribution in [1.29, 1.82) is 0 Å². The van der Waals surface area contributed by atoms with Crippen molar-refractivity contribution in [3.05, 3.63) is 94.3 Å². The van der Waals surface area contributed by atoms with Gasteiger partial charge in [-0.25, -0.2) is 4.98 Å². The Labute approximate surface area is 234 Å². The van der Waals surface area contributed by atoms with Gasteiger partial charge in [0.2, 0.25) is 11.8 Å². The highest BCUT2D eigenvalue weighted by Crippen LogP contribution is 2.37. The number of amides is 2. The molecule has 2 N–H and O–H groups in total. The maximum atomic E-state index is 13.4. The molecule has 0 radical (unpaired) electrons. The maximum absolute atomic E-state index is 13.4. The maximum Gasteiger partial charge on any atom is 0.244 e. The molecular formula is C29H28BrN3O2S2. The predicted molar refractivity (Wildman–Crippen MR) is 158 cm³/mol. The predicted octanol–water partition coefficient (Wildman–Crippen LogP) is 8.42. The first-order valence-corrected chi connectivity index (χ1v) is 14.4. The molecule has 0 aliphatic rings. The number of benzene rings is 3. The van der Waals surface area contributed by atoms with Gasteiger partial charge < -0.3 is 10.6 Å². The van der Waals surface area contributed by atoms with Gasteiger partial charge >= 0.3 is 0 Å². The third-order valence-electron chi connectivity index (χ3n) is 5.30. The zero-order valence-electron chi connectivity index (χ0n) is 20.8. The lowest BCUT2D eigenvalue weighted by atomic mass is 9.92. The second-order valence-corrected chi connectivity index (χ2v) is 12.7. The van der Waals surface area contributed by atoms with Gasteiger partial charge in [0.1, 0.15) is 5.25 Å². The van der Waals surface area contributed by atoms with Crippen LogP contribution in [0.3, 0.4) is 0 Å². The van der Waals surface area contributed by atoms with E-state index in [4.69, 9.17) is 0 Å². The van der Waals surface area contributed by atoms with E-state index < -0.39 is 5.25 Å². The fourth-order valence-electron chi connectivity index (χ4n) is 3.60. The van der Waals surface area contributed by atoms with Crippen molar-refractivity contribution >= 4 is 61.7 Å². The van der Waals surface area contributed by atoms with Gasteiger partial charge in [0, 0.05) is 32.4 Å². The van der Waals surface area contributed by atoms with Crippen molar-refractivity contribution in [2.24, 2.45) is 5.41 Å². The third kappa shape index (κ3) is 8.02. The number of thiazole rings is 1. The largest absolute Gasteiger partial charge is 0.326 e. The molecule has 1 heterocycles. The van der Waals surface area contributed by atoms with E-state index in [2.05, 4.69) is 31.5 Å². The van der Waals surface area contributed by atoms with Crippen LogP contribution < -0.4 is 10.6 Å². The number of nitrogens with zero attached hydrogens (tertiary/aromatic N) is 1. The van der Waals surface area contributed by atoms with Gasteiger partial charge in [-0.1, -0.05) is 79.2 Å². The molecule has 0 saturated heterocycles. The van der Waals surface area contributed by atoms with E-state index in [1.807, 2.05) is 105 Å². The van der Waals surface area contributed by atoms with E-state index in [1.54, 1.807) is 0 Å². The van der Waals surface area contributed by atoms with Gasteiger partial charge in [0.15, 0.2) is 5.13 Å². The van der Waals surface area contributed by atoms with Crippen LogP contribution in [0.15, 0.2) is 93.6 Å². The lowest BCUT2D eigenvalue weighted by molar-refractivity contribution is -0.118. The molecule has 0 aliphatic heterocycles. The molecule has 0 bridgehead atoms. The van der Waals surface area contributed by atoms with E-state index in [0.29, 0.717) is 11.6 Å². The van der Waals surface area contributed by atoms with Crippen molar-refractivity contribution in [3.8, 4) is 11.3 Å². The molecule has 1 aromatic heterocycles. The molecule has 8 heteroatoms. The van der Waals surface area contributed by atoms with Crippen LogP contribution in [-0.4, -0.2) is 16.8 Å². The first-order chi connectivity index (χ1) is 17.7. The van der Waals surface area contributed by atoms with Crippen LogP contribution in [0.25, 0.3) is 11.3 Å². The fourth-order valence-corrected chi connectivity index (χ4v) is 5.61. The van der Waals surface area contributed by atoms with Crippen molar-refractivity contribution in [1.82, 2.24) is 4.98 Å².